The van der Waals surface area contributed by atoms with Crippen LogP contribution in [0.2, 0.25) is 0 Å². The number of hydrogen-bond donors (Lipinski definition) is 0. The quantitative estimate of drug-likeness (QED) is 0.568. The van der Waals surface area contributed by atoms with Crippen LogP contribution in [0.5, 0.6) is 0 Å². The number of carbonyl (C=O) groups is 1. The molecule has 3 rings (SSSR count). The van der Waals surface area contributed by atoms with Crippen molar-refractivity contribution in [3.8, 4) is 0 Å². The molecule has 0 aromatic heterocycles. The predicted octanol–water partition coefficient (Wildman–Crippen LogP) is 5.19. The average molecular weight is 334 g/mol. The van der Waals surface area contributed by atoms with Crippen molar-refractivity contribution in [2.75, 3.05) is 0 Å². The van der Waals surface area contributed by atoms with Crippen LogP contribution >= 0.6 is 0 Å². The molecule has 0 aliphatic heterocycles. The first-order valence-corrected chi connectivity index (χ1v) is 8.78. The second-order valence-corrected chi connectivity index (χ2v) is 7.92. The van der Waals surface area contributed by atoms with E-state index in [-0.39, 0.29) is 11.4 Å². The van der Waals surface area contributed by atoms with Crippen LogP contribution in [0.4, 0.5) is 0 Å². The molecule has 130 valence electrons. The summed E-state index contributed by atoms with van der Waals surface area (Å²) in [5, 5.41) is 0. The van der Waals surface area contributed by atoms with Gasteiger partial charge in [0.1, 0.15) is 5.60 Å². The van der Waals surface area contributed by atoms with Gasteiger partial charge in [-0.25, -0.2) is 4.79 Å². The number of carbonyl (C=O) groups excluding carboxylic acids is 1. The van der Waals surface area contributed by atoms with E-state index in [0.29, 0.717) is 5.57 Å². The number of rotatable bonds is 4. The largest absolute Gasteiger partial charge is 0.451 e. The highest BCUT2D eigenvalue weighted by atomic mass is 16.6. The minimum Gasteiger partial charge on any atom is -0.451 e. The lowest BCUT2D eigenvalue weighted by atomic mass is 9.76. The molecule has 1 aliphatic carbocycles. The van der Waals surface area contributed by atoms with E-state index in [1.54, 1.807) is 6.92 Å². The maximum Gasteiger partial charge on any atom is 0.334 e. The van der Waals surface area contributed by atoms with Gasteiger partial charge in [0.25, 0.3) is 0 Å². The molecule has 0 saturated heterocycles. The van der Waals surface area contributed by atoms with Crippen molar-refractivity contribution in [2.45, 2.75) is 46.1 Å². The van der Waals surface area contributed by atoms with Gasteiger partial charge in [-0.1, -0.05) is 69.0 Å². The maximum absolute atomic E-state index is 12.3. The summed E-state index contributed by atoms with van der Waals surface area (Å²) >= 11 is 0. The fraction of sp³-hybridized carbons (Fsp3) is 0.348. The standard InChI is InChI=1S/C23H26O2/c1-16(2)21(24)25-23(5)20-14-18(13-17-9-7-6-8-10-17)11-12-19(20)15-22(23,3)4/h6-12,14H,1,13,15H2,2-5H3. The highest BCUT2D eigenvalue weighted by Gasteiger charge is 2.52. The smallest absolute Gasteiger partial charge is 0.334 e. The van der Waals surface area contributed by atoms with Gasteiger partial charge in [-0.15, -0.1) is 0 Å². The molecule has 25 heavy (non-hydrogen) atoms. The van der Waals surface area contributed by atoms with Gasteiger partial charge in [-0.05, 0) is 48.9 Å². The van der Waals surface area contributed by atoms with E-state index >= 15 is 0 Å². The summed E-state index contributed by atoms with van der Waals surface area (Å²) in [4.78, 5) is 12.3. The predicted molar refractivity (Wildman–Crippen MR) is 101 cm³/mol. The van der Waals surface area contributed by atoms with Crippen molar-refractivity contribution in [1.82, 2.24) is 0 Å². The highest BCUT2D eigenvalue weighted by Crippen LogP contribution is 2.52. The summed E-state index contributed by atoms with van der Waals surface area (Å²) in [5.41, 5.74) is 4.53. The second kappa shape index (κ2) is 6.18. The molecule has 1 atom stereocenters. The molecule has 2 heteroatoms. The Bertz CT molecular complexity index is 817. The molecule has 1 unspecified atom stereocenters. The van der Waals surface area contributed by atoms with Crippen LogP contribution < -0.4 is 0 Å². The zero-order chi connectivity index (χ0) is 18.2. The lowest BCUT2D eigenvalue weighted by molar-refractivity contribution is -0.166. The monoisotopic (exact) mass is 334 g/mol. The number of esters is 1. The molecule has 0 N–H and O–H groups in total. The molecule has 2 aromatic carbocycles. The fourth-order valence-corrected chi connectivity index (χ4v) is 3.64. The first-order valence-electron chi connectivity index (χ1n) is 8.78. The van der Waals surface area contributed by atoms with Gasteiger partial charge in [0.05, 0.1) is 0 Å². The Kier molecular flexibility index (Phi) is 4.32. The Labute approximate surface area is 150 Å². The highest BCUT2D eigenvalue weighted by molar-refractivity contribution is 5.87. The molecule has 2 aromatic rings. The van der Waals surface area contributed by atoms with Crippen LogP contribution in [-0.2, 0) is 28.0 Å². The van der Waals surface area contributed by atoms with Crippen molar-refractivity contribution >= 4 is 5.97 Å². The summed E-state index contributed by atoms with van der Waals surface area (Å²) in [6, 6.07) is 17.0. The van der Waals surface area contributed by atoms with Crippen LogP contribution in [0.1, 0.15) is 49.9 Å². The summed E-state index contributed by atoms with van der Waals surface area (Å²) in [7, 11) is 0. The van der Waals surface area contributed by atoms with Gasteiger partial charge in [0.15, 0.2) is 0 Å². The molecular formula is C23H26O2. The van der Waals surface area contributed by atoms with Gasteiger partial charge >= 0.3 is 5.97 Å². The topological polar surface area (TPSA) is 26.3 Å². The second-order valence-electron chi connectivity index (χ2n) is 7.92. The molecular weight excluding hydrogens is 308 g/mol. The Balaban J connectivity index is 1.98. The number of hydrogen-bond acceptors (Lipinski definition) is 2. The van der Waals surface area contributed by atoms with Gasteiger partial charge < -0.3 is 4.74 Å². The minimum atomic E-state index is -0.648. The SMILES string of the molecule is C=C(C)C(=O)OC1(C)c2cc(Cc3ccccc3)ccc2CC1(C)C. The Hall–Kier alpha value is -2.35. The Morgan fingerprint density at radius 2 is 1.76 bits per heavy atom. The maximum atomic E-state index is 12.3. The minimum absolute atomic E-state index is 0.161. The van der Waals surface area contributed by atoms with E-state index in [0.717, 1.165) is 18.4 Å². The summed E-state index contributed by atoms with van der Waals surface area (Å²) in [6.45, 7) is 11.8. The molecule has 1 aliphatic rings. The third-order valence-electron chi connectivity index (χ3n) is 5.51. The van der Waals surface area contributed by atoms with Gasteiger partial charge in [0.2, 0.25) is 0 Å². The van der Waals surface area contributed by atoms with Crippen molar-refractivity contribution in [1.29, 1.82) is 0 Å². The van der Waals surface area contributed by atoms with E-state index < -0.39 is 5.60 Å². The lowest BCUT2D eigenvalue weighted by Gasteiger charge is -2.38. The van der Waals surface area contributed by atoms with Crippen molar-refractivity contribution in [3.63, 3.8) is 0 Å². The first kappa shape index (κ1) is 17.5. The van der Waals surface area contributed by atoms with E-state index in [4.69, 9.17) is 4.74 Å². The number of benzene rings is 2. The van der Waals surface area contributed by atoms with Gasteiger partial charge in [-0.2, -0.15) is 0 Å². The van der Waals surface area contributed by atoms with E-state index in [9.17, 15) is 4.79 Å². The van der Waals surface area contributed by atoms with Crippen LogP contribution in [0.3, 0.4) is 0 Å². The zero-order valence-corrected chi connectivity index (χ0v) is 15.6. The van der Waals surface area contributed by atoms with Crippen molar-refractivity contribution < 1.29 is 9.53 Å². The summed E-state index contributed by atoms with van der Waals surface area (Å²) in [6.07, 6.45) is 1.77. The molecule has 0 bridgehead atoms. The normalized spacial score (nSPS) is 20.8. The van der Waals surface area contributed by atoms with Crippen LogP contribution in [0.25, 0.3) is 0 Å². The zero-order valence-electron chi connectivity index (χ0n) is 15.6. The Morgan fingerprint density at radius 1 is 1.08 bits per heavy atom. The van der Waals surface area contributed by atoms with Crippen molar-refractivity contribution in [3.05, 3.63) is 82.9 Å². The van der Waals surface area contributed by atoms with E-state index in [1.807, 2.05) is 13.0 Å². The van der Waals surface area contributed by atoms with Crippen LogP contribution in [0, 0.1) is 5.41 Å². The molecule has 0 fully saturated rings. The summed E-state index contributed by atoms with van der Waals surface area (Å²) < 4.78 is 5.97. The fourth-order valence-electron chi connectivity index (χ4n) is 3.64. The third kappa shape index (κ3) is 3.13. The molecule has 0 heterocycles. The third-order valence-corrected chi connectivity index (χ3v) is 5.51. The molecule has 0 radical (unpaired) electrons. The summed E-state index contributed by atoms with van der Waals surface area (Å²) in [5.74, 6) is -0.322. The van der Waals surface area contributed by atoms with E-state index in [1.165, 1.54) is 16.7 Å². The van der Waals surface area contributed by atoms with Crippen molar-refractivity contribution in [2.24, 2.45) is 5.41 Å². The van der Waals surface area contributed by atoms with Crippen LogP contribution in [0.15, 0.2) is 60.7 Å². The first-order chi connectivity index (χ1) is 11.7. The molecule has 0 saturated carbocycles. The number of ether oxygens (including phenoxy) is 1. The molecule has 2 nitrogen and oxygen atoms in total. The van der Waals surface area contributed by atoms with Crippen LogP contribution in [-0.4, -0.2) is 5.97 Å². The molecule has 0 amide bonds. The number of fused-ring (bicyclic) bond motifs is 1. The molecule has 0 spiro atoms. The average Bonchev–Trinajstić information content (AvgIpc) is 2.75. The van der Waals surface area contributed by atoms with E-state index in [2.05, 4.69) is 62.9 Å². The lowest BCUT2D eigenvalue weighted by Crippen LogP contribution is -2.40. The Morgan fingerprint density at radius 3 is 2.40 bits per heavy atom. The van der Waals surface area contributed by atoms with Gasteiger partial charge in [0, 0.05) is 11.0 Å². The van der Waals surface area contributed by atoms with Gasteiger partial charge in [-0.3, -0.25) is 0 Å².